The molecule has 14 heavy (non-hydrogen) atoms. The van der Waals surface area contributed by atoms with Gasteiger partial charge in [-0.25, -0.2) is 0 Å². The largest absolute Gasteiger partial charge is 0.351 e. The molecule has 1 atom stereocenters. The lowest BCUT2D eigenvalue weighted by molar-refractivity contribution is -0.120. The van der Waals surface area contributed by atoms with Crippen LogP contribution in [0.25, 0.3) is 0 Å². The van der Waals surface area contributed by atoms with Gasteiger partial charge in [0.15, 0.2) is 0 Å². The molecule has 0 aromatic heterocycles. The number of alkyl halides is 1. The minimum Gasteiger partial charge on any atom is -0.351 e. The van der Waals surface area contributed by atoms with Crippen LogP contribution < -0.4 is 5.32 Å². The van der Waals surface area contributed by atoms with E-state index < -0.39 is 5.38 Å². The molecule has 0 saturated heterocycles. The fourth-order valence-corrected chi connectivity index (χ4v) is 1.23. The second-order valence-electron chi connectivity index (χ2n) is 3.32. The second-order valence-corrected chi connectivity index (χ2v) is 3.98. The zero-order valence-corrected chi connectivity index (χ0v) is 9.14. The van der Waals surface area contributed by atoms with E-state index in [1.165, 1.54) is 5.56 Å². The summed E-state index contributed by atoms with van der Waals surface area (Å²) in [5, 5.41) is 2.28. The molecule has 0 saturated carbocycles. The Kier molecular flexibility index (Phi) is 3.96. The van der Waals surface area contributed by atoms with Crippen LogP contribution in [0.4, 0.5) is 0 Å². The molecule has 0 radical (unpaired) electrons. The molecule has 2 nitrogen and oxygen atoms in total. The molecule has 1 aromatic rings. The molecule has 0 bridgehead atoms. The highest BCUT2D eigenvalue weighted by Gasteiger charge is 2.07. The van der Waals surface area contributed by atoms with Gasteiger partial charge < -0.3 is 5.32 Å². The van der Waals surface area contributed by atoms with Crippen LogP contribution in [0.1, 0.15) is 18.1 Å². The Bertz CT molecular complexity index is 323. The van der Waals surface area contributed by atoms with Crippen LogP contribution in [0.5, 0.6) is 0 Å². The molecule has 1 rings (SSSR count). The lowest BCUT2D eigenvalue weighted by Gasteiger charge is -2.06. The monoisotopic (exact) mass is 211 g/mol. The molecule has 1 amide bonds. The van der Waals surface area contributed by atoms with E-state index in [4.69, 9.17) is 11.6 Å². The summed E-state index contributed by atoms with van der Waals surface area (Å²) >= 11 is 5.61. The maximum atomic E-state index is 11.2. The molecule has 0 heterocycles. The Hall–Kier alpha value is -1.02. The summed E-state index contributed by atoms with van der Waals surface area (Å²) in [7, 11) is 0. The van der Waals surface area contributed by atoms with Crippen LogP contribution in [0.15, 0.2) is 24.3 Å². The highest BCUT2D eigenvalue weighted by atomic mass is 35.5. The molecule has 0 aliphatic heterocycles. The van der Waals surface area contributed by atoms with E-state index >= 15 is 0 Å². The molecule has 0 aliphatic carbocycles. The Morgan fingerprint density at radius 3 is 2.86 bits per heavy atom. The van der Waals surface area contributed by atoms with Crippen molar-refractivity contribution in [2.75, 3.05) is 0 Å². The first-order valence-corrected chi connectivity index (χ1v) is 5.00. The molecular weight excluding hydrogens is 198 g/mol. The van der Waals surface area contributed by atoms with Gasteiger partial charge in [0.2, 0.25) is 5.91 Å². The number of halogens is 1. The number of carbonyl (C=O) groups is 1. The van der Waals surface area contributed by atoms with Gasteiger partial charge in [0.25, 0.3) is 0 Å². The standard InChI is InChI=1S/C11H14ClNO/c1-8-4-3-5-10(6-8)7-13-11(14)9(2)12/h3-6,9H,7H2,1-2H3,(H,13,14). The van der Waals surface area contributed by atoms with Crippen molar-refractivity contribution in [2.24, 2.45) is 0 Å². The van der Waals surface area contributed by atoms with E-state index in [0.717, 1.165) is 5.56 Å². The van der Waals surface area contributed by atoms with E-state index in [1.54, 1.807) is 6.92 Å². The van der Waals surface area contributed by atoms with Gasteiger partial charge in [-0.05, 0) is 19.4 Å². The summed E-state index contributed by atoms with van der Waals surface area (Å²) in [4.78, 5) is 11.2. The van der Waals surface area contributed by atoms with Crippen molar-refractivity contribution in [1.82, 2.24) is 5.32 Å². The maximum absolute atomic E-state index is 11.2. The number of carbonyl (C=O) groups excluding carboxylic acids is 1. The summed E-state index contributed by atoms with van der Waals surface area (Å²) in [5.41, 5.74) is 2.28. The molecule has 3 heteroatoms. The van der Waals surface area contributed by atoms with Gasteiger partial charge in [0, 0.05) is 6.54 Å². The molecule has 0 fully saturated rings. The summed E-state index contributed by atoms with van der Waals surface area (Å²) in [5.74, 6) is -0.131. The maximum Gasteiger partial charge on any atom is 0.238 e. The van der Waals surface area contributed by atoms with Gasteiger partial charge >= 0.3 is 0 Å². The number of aryl methyl sites for hydroxylation is 1. The quantitative estimate of drug-likeness (QED) is 0.764. The number of hydrogen-bond acceptors (Lipinski definition) is 1. The molecule has 1 N–H and O–H groups in total. The average Bonchev–Trinajstić information content (AvgIpc) is 2.14. The molecule has 0 spiro atoms. The minimum atomic E-state index is -0.472. The zero-order valence-electron chi connectivity index (χ0n) is 8.38. The lowest BCUT2D eigenvalue weighted by Crippen LogP contribution is -2.28. The van der Waals surface area contributed by atoms with Crippen LogP contribution in [0, 0.1) is 6.92 Å². The Balaban J connectivity index is 2.50. The third-order valence-corrected chi connectivity index (χ3v) is 2.11. The average molecular weight is 212 g/mol. The minimum absolute atomic E-state index is 0.131. The molecule has 0 aliphatic rings. The predicted octanol–water partition coefficient (Wildman–Crippen LogP) is 2.24. The first-order chi connectivity index (χ1) is 6.59. The van der Waals surface area contributed by atoms with Crippen molar-refractivity contribution in [3.63, 3.8) is 0 Å². The third kappa shape index (κ3) is 3.38. The first-order valence-electron chi connectivity index (χ1n) is 4.57. The van der Waals surface area contributed by atoms with Crippen molar-refractivity contribution in [3.05, 3.63) is 35.4 Å². The predicted molar refractivity (Wildman–Crippen MR) is 58.3 cm³/mol. The lowest BCUT2D eigenvalue weighted by atomic mass is 10.1. The fraction of sp³-hybridized carbons (Fsp3) is 0.364. The van der Waals surface area contributed by atoms with Crippen molar-refractivity contribution < 1.29 is 4.79 Å². The summed E-state index contributed by atoms with van der Waals surface area (Å²) in [6, 6.07) is 8.02. The van der Waals surface area contributed by atoms with Gasteiger partial charge in [-0.2, -0.15) is 0 Å². The van der Waals surface area contributed by atoms with Crippen LogP contribution in [-0.4, -0.2) is 11.3 Å². The highest BCUT2D eigenvalue weighted by molar-refractivity contribution is 6.30. The van der Waals surface area contributed by atoms with Crippen LogP contribution in [0.3, 0.4) is 0 Å². The summed E-state index contributed by atoms with van der Waals surface area (Å²) in [6.45, 7) is 4.22. The topological polar surface area (TPSA) is 29.1 Å². The van der Waals surface area contributed by atoms with E-state index in [-0.39, 0.29) is 5.91 Å². The number of amides is 1. The van der Waals surface area contributed by atoms with Crippen LogP contribution in [-0.2, 0) is 11.3 Å². The Morgan fingerprint density at radius 2 is 2.29 bits per heavy atom. The number of rotatable bonds is 3. The van der Waals surface area contributed by atoms with Crippen molar-refractivity contribution in [1.29, 1.82) is 0 Å². The van der Waals surface area contributed by atoms with Crippen molar-refractivity contribution >= 4 is 17.5 Å². The summed E-state index contributed by atoms with van der Waals surface area (Å²) < 4.78 is 0. The smallest absolute Gasteiger partial charge is 0.238 e. The van der Waals surface area contributed by atoms with Gasteiger partial charge in [0.05, 0.1) is 0 Å². The van der Waals surface area contributed by atoms with Crippen LogP contribution in [0.2, 0.25) is 0 Å². The van der Waals surface area contributed by atoms with Crippen molar-refractivity contribution in [2.45, 2.75) is 25.8 Å². The highest BCUT2D eigenvalue weighted by Crippen LogP contribution is 2.03. The second kappa shape index (κ2) is 5.01. The Morgan fingerprint density at radius 1 is 1.57 bits per heavy atom. The van der Waals surface area contributed by atoms with Crippen LogP contribution >= 0.6 is 11.6 Å². The zero-order chi connectivity index (χ0) is 10.6. The van der Waals surface area contributed by atoms with Gasteiger partial charge in [-0.15, -0.1) is 11.6 Å². The molecule has 1 aromatic carbocycles. The SMILES string of the molecule is Cc1cccc(CNC(=O)C(C)Cl)c1. The number of benzene rings is 1. The van der Waals surface area contributed by atoms with Crippen molar-refractivity contribution in [3.8, 4) is 0 Å². The molecule has 1 unspecified atom stereocenters. The van der Waals surface area contributed by atoms with Gasteiger partial charge in [-0.3, -0.25) is 4.79 Å². The van der Waals surface area contributed by atoms with Gasteiger partial charge in [-0.1, -0.05) is 29.8 Å². The van der Waals surface area contributed by atoms with Gasteiger partial charge in [0.1, 0.15) is 5.38 Å². The fourth-order valence-electron chi connectivity index (χ4n) is 1.15. The number of nitrogens with one attached hydrogen (secondary N) is 1. The normalized spacial score (nSPS) is 12.2. The van der Waals surface area contributed by atoms with E-state index in [1.807, 2.05) is 31.2 Å². The third-order valence-electron chi connectivity index (χ3n) is 1.91. The first kappa shape index (κ1) is 11.1. The summed E-state index contributed by atoms with van der Waals surface area (Å²) in [6.07, 6.45) is 0. The van der Waals surface area contributed by atoms with E-state index in [2.05, 4.69) is 5.32 Å². The Labute approximate surface area is 89.3 Å². The van der Waals surface area contributed by atoms with E-state index in [0.29, 0.717) is 6.54 Å². The molecular formula is C11H14ClNO. The van der Waals surface area contributed by atoms with E-state index in [9.17, 15) is 4.79 Å². The molecule has 76 valence electrons. The number of hydrogen-bond donors (Lipinski definition) is 1.